The van der Waals surface area contributed by atoms with Gasteiger partial charge >= 0.3 is 6.01 Å². The molecule has 0 bridgehead atoms. The number of ether oxygens (including phenoxy) is 2. The van der Waals surface area contributed by atoms with Crippen LogP contribution in [-0.4, -0.2) is 72.4 Å². The van der Waals surface area contributed by atoms with Gasteiger partial charge < -0.3 is 25.0 Å². The van der Waals surface area contributed by atoms with E-state index in [-0.39, 0.29) is 28.2 Å². The van der Waals surface area contributed by atoms with Gasteiger partial charge in [-0.15, -0.1) is 11.3 Å². The highest BCUT2D eigenvalue weighted by Crippen LogP contribution is 2.46. The number of anilines is 2. The third kappa shape index (κ3) is 5.02. The molecule has 1 spiro atoms. The summed E-state index contributed by atoms with van der Waals surface area (Å²) < 4.78 is 28.9. The lowest BCUT2D eigenvalue weighted by Gasteiger charge is -2.48. The number of nitrogens with two attached hydrogens (primary N) is 1. The van der Waals surface area contributed by atoms with Gasteiger partial charge in [0, 0.05) is 59.4 Å². The van der Waals surface area contributed by atoms with Crippen molar-refractivity contribution in [3.8, 4) is 27.7 Å². The van der Waals surface area contributed by atoms with Crippen LogP contribution in [0.3, 0.4) is 0 Å². The maximum absolute atomic E-state index is 16.6. The molecule has 5 heterocycles. The molecule has 1 aromatic carbocycles. The van der Waals surface area contributed by atoms with Gasteiger partial charge in [-0.25, -0.2) is 4.39 Å². The van der Waals surface area contributed by atoms with Crippen molar-refractivity contribution >= 4 is 33.7 Å². The second kappa shape index (κ2) is 10.2. The van der Waals surface area contributed by atoms with Crippen molar-refractivity contribution in [1.82, 2.24) is 19.9 Å². The van der Waals surface area contributed by atoms with Gasteiger partial charge in [-0.1, -0.05) is 12.1 Å². The molecule has 41 heavy (non-hydrogen) atoms. The Balaban J connectivity index is 1.33. The first kappa shape index (κ1) is 26.6. The number of hydrogen-bond donors (Lipinski definition) is 1. The number of piperidine rings is 1. The van der Waals surface area contributed by atoms with E-state index in [1.54, 1.807) is 23.6 Å². The third-order valence-electron chi connectivity index (χ3n) is 8.65. The van der Waals surface area contributed by atoms with Gasteiger partial charge in [0.25, 0.3) is 0 Å². The van der Waals surface area contributed by atoms with Crippen molar-refractivity contribution in [2.45, 2.75) is 37.7 Å². The average Bonchev–Trinajstić information content (AvgIpc) is 3.47. The summed E-state index contributed by atoms with van der Waals surface area (Å²) in [6, 6.07) is 9.74. The fraction of sp³-hybridized carbons (Fsp3) is 0.452. The van der Waals surface area contributed by atoms with Crippen molar-refractivity contribution in [3.05, 3.63) is 47.7 Å². The van der Waals surface area contributed by atoms with Crippen LogP contribution in [0.15, 0.2) is 41.9 Å². The number of aromatic nitrogens is 3. The Morgan fingerprint density at radius 1 is 1.15 bits per heavy atom. The topological polar surface area (TPSA) is 89.6 Å². The van der Waals surface area contributed by atoms with Gasteiger partial charge in [-0.2, -0.15) is 9.97 Å². The van der Waals surface area contributed by atoms with Crippen LogP contribution in [0.4, 0.5) is 15.9 Å². The van der Waals surface area contributed by atoms with Crippen LogP contribution in [0.2, 0.25) is 0 Å². The zero-order valence-electron chi connectivity index (χ0n) is 23.5. The molecule has 4 aromatic rings. The number of nitrogen functional groups attached to an aromatic ring is 1. The summed E-state index contributed by atoms with van der Waals surface area (Å²) in [6.07, 6.45) is 6.93. The van der Waals surface area contributed by atoms with Gasteiger partial charge in [-0.05, 0) is 63.4 Å². The first-order valence-electron chi connectivity index (χ1n) is 14.3. The molecule has 3 aromatic heterocycles. The van der Waals surface area contributed by atoms with Gasteiger partial charge in [0.05, 0.1) is 24.2 Å². The number of benzene rings is 1. The predicted octanol–water partition coefficient (Wildman–Crippen LogP) is 5.62. The second-order valence-corrected chi connectivity index (χ2v) is 13.1. The number of fused-ring (bicyclic) bond motifs is 1. The lowest BCUT2D eigenvalue weighted by atomic mass is 9.86. The van der Waals surface area contributed by atoms with Gasteiger partial charge in [0.15, 0.2) is 5.82 Å². The maximum Gasteiger partial charge on any atom is 0.319 e. The Bertz CT molecular complexity index is 1590. The summed E-state index contributed by atoms with van der Waals surface area (Å²) in [7, 11) is 4.15. The molecule has 2 N–H and O–H groups in total. The fourth-order valence-corrected chi connectivity index (χ4v) is 7.09. The Labute approximate surface area is 243 Å². The summed E-state index contributed by atoms with van der Waals surface area (Å²) in [5.41, 5.74) is 8.61. The Hall–Kier alpha value is -3.34. The molecule has 1 atom stereocenters. The molecule has 1 saturated carbocycles. The van der Waals surface area contributed by atoms with Crippen LogP contribution in [0.5, 0.6) is 6.01 Å². The summed E-state index contributed by atoms with van der Waals surface area (Å²) in [4.78, 5) is 19.6. The molecule has 8 nitrogen and oxygen atoms in total. The van der Waals surface area contributed by atoms with Crippen LogP contribution >= 0.6 is 11.3 Å². The normalized spacial score (nSPS) is 21.4. The van der Waals surface area contributed by atoms with E-state index in [0.29, 0.717) is 35.6 Å². The zero-order chi connectivity index (χ0) is 28.2. The molecular weight excluding hydrogens is 539 g/mol. The summed E-state index contributed by atoms with van der Waals surface area (Å²) >= 11 is 1.59. The number of thiophene rings is 1. The Kier molecular flexibility index (Phi) is 6.59. The van der Waals surface area contributed by atoms with Crippen molar-refractivity contribution < 1.29 is 13.9 Å². The number of nitrogens with zero attached hydrogens (tertiary/aromatic N) is 5. The molecule has 1 aliphatic carbocycles. The largest absolute Gasteiger partial charge is 0.463 e. The minimum atomic E-state index is -0.500. The fourth-order valence-electron chi connectivity index (χ4n) is 6.32. The predicted molar refractivity (Wildman–Crippen MR) is 161 cm³/mol. The van der Waals surface area contributed by atoms with E-state index in [1.165, 1.54) is 0 Å². The smallest absolute Gasteiger partial charge is 0.319 e. The number of pyridine rings is 1. The SMILES string of the molecule is CN(C)CC1(COc2nc(N3CCC[C@]4(CCO4)C3)c3cnc(-c4cc(N)ccc4-c4cccs4)c(F)c3n2)CC1. The summed E-state index contributed by atoms with van der Waals surface area (Å²) in [6.45, 7) is 3.74. The van der Waals surface area contributed by atoms with Gasteiger partial charge in [0.1, 0.15) is 17.0 Å². The van der Waals surface area contributed by atoms with Crippen LogP contribution < -0.4 is 15.4 Å². The lowest BCUT2D eigenvalue weighted by Crippen LogP contribution is -2.56. The molecule has 2 saturated heterocycles. The third-order valence-corrected chi connectivity index (χ3v) is 9.55. The van der Waals surface area contributed by atoms with Crippen molar-refractivity contribution in [1.29, 1.82) is 0 Å². The highest BCUT2D eigenvalue weighted by molar-refractivity contribution is 7.13. The molecule has 0 radical (unpaired) electrons. The monoisotopic (exact) mass is 574 g/mol. The molecule has 2 aliphatic heterocycles. The standard InChI is InChI=1S/C31H35FN6O2S/c1-37(2)17-30(9-10-30)19-39-29-35-27-23(28(36-29)38-12-4-8-31(18-38)11-13-40-31)16-34-26(25(27)32)22-15-20(33)6-7-21(22)24-5-3-14-41-24/h3,5-7,14-16H,4,8-13,17-19,33H2,1-2H3/t31-/m0/s1. The molecule has 0 unspecified atom stereocenters. The Morgan fingerprint density at radius 2 is 2.00 bits per heavy atom. The number of rotatable bonds is 8. The number of halogens is 1. The van der Waals surface area contributed by atoms with Crippen molar-refractivity contribution in [2.24, 2.45) is 5.41 Å². The summed E-state index contributed by atoms with van der Waals surface area (Å²) in [5, 5.41) is 2.58. The Morgan fingerprint density at radius 3 is 2.71 bits per heavy atom. The van der Waals surface area contributed by atoms with E-state index >= 15 is 4.39 Å². The van der Waals surface area contributed by atoms with Crippen molar-refractivity contribution in [2.75, 3.05) is 57.6 Å². The first-order chi connectivity index (χ1) is 19.8. The molecular formula is C31H35FN6O2S. The van der Waals surface area contributed by atoms with E-state index in [4.69, 9.17) is 20.2 Å². The van der Waals surface area contributed by atoms with E-state index in [9.17, 15) is 0 Å². The highest BCUT2D eigenvalue weighted by Gasteiger charge is 2.45. The van der Waals surface area contributed by atoms with Crippen molar-refractivity contribution in [3.63, 3.8) is 0 Å². The minimum absolute atomic E-state index is 0.0933. The lowest BCUT2D eigenvalue weighted by molar-refractivity contribution is -0.151. The summed E-state index contributed by atoms with van der Waals surface area (Å²) in [5.74, 6) is 0.154. The zero-order valence-corrected chi connectivity index (χ0v) is 24.3. The average molecular weight is 575 g/mol. The molecule has 3 aliphatic rings. The molecule has 7 rings (SSSR count). The molecule has 3 fully saturated rings. The van der Waals surface area contributed by atoms with E-state index in [2.05, 4.69) is 33.9 Å². The van der Waals surface area contributed by atoms with E-state index < -0.39 is 5.82 Å². The van der Waals surface area contributed by atoms with Gasteiger partial charge in [0.2, 0.25) is 0 Å². The van der Waals surface area contributed by atoms with Crippen LogP contribution in [-0.2, 0) is 4.74 Å². The minimum Gasteiger partial charge on any atom is -0.463 e. The molecule has 214 valence electrons. The van der Waals surface area contributed by atoms with E-state index in [0.717, 1.165) is 62.2 Å². The maximum atomic E-state index is 16.6. The van der Waals surface area contributed by atoms with Crippen LogP contribution in [0, 0.1) is 11.2 Å². The quantitative estimate of drug-likeness (QED) is 0.271. The van der Waals surface area contributed by atoms with Crippen LogP contribution in [0.25, 0.3) is 32.6 Å². The molecule has 10 heteroatoms. The second-order valence-electron chi connectivity index (χ2n) is 12.1. The number of hydrogen-bond acceptors (Lipinski definition) is 9. The highest BCUT2D eigenvalue weighted by atomic mass is 32.1. The first-order valence-corrected chi connectivity index (χ1v) is 15.2. The van der Waals surface area contributed by atoms with E-state index in [1.807, 2.05) is 29.6 Å². The van der Waals surface area contributed by atoms with Crippen LogP contribution in [0.1, 0.15) is 32.1 Å². The van der Waals surface area contributed by atoms with Gasteiger partial charge in [-0.3, -0.25) is 4.98 Å². The molecule has 0 amide bonds.